The maximum Gasteiger partial charge on any atom is 0.203 e. The van der Waals surface area contributed by atoms with Crippen LogP contribution in [0.2, 0.25) is 0 Å². The lowest BCUT2D eigenvalue weighted by atomic mass is 10.0. The zero-order chi connectivity index (χ0) is 16.7. The molecule has 0 spiro atoms. The molecule has 118 valence electrons. The predicted octanol–water partition coefficient (Wildman–Crippen LogP) is 3.50. The van der Waals surface area contributed by atoms with E-state index >= 15 is 0 Å². The van der Waals surface area contributed by atoms with Crippen LogP contribution in [0.3, 0.4) is 0 Å². The number of para-hydroxylation sites is 2. The Hall–Kier alpha value is -3.14. The number of aromatic nitrogens is 2. The van der Waals surface area contributed by atoms with E-state index in [0.29, 0.717) is 11.2 Å². The van der Waals surface area contributed by atoms with Gasteiger partial charge in [0.05, 0.1) is 17.6 Å². The van der Waals surface area contributed by atoms with Crippen LogP contribution in [0.5, 0.6) is 0 Å². The van der Waals surface area contributed by atoms with Crippen LogP contribution in [0.1, 0.15) is 10.4 Å². The molecule has 1 heterocycles. The molecule has 24 heavy (non-hydrogen) atoms. The van der Waals surface area contributed by atoms with Gasteiger partial charge in [-0.15, -0.1) is 0 Å². The smallest absolute Gasteiger partial charge is 0.203 e. The SMILES string of the molecule is Cn1c(=N)n(CC(=O)c2cccc3ccccc23)c2ccccc21. The molecule has 1 aromatic heterocycles. The fraction of sp³-hybridized carbons (Fsp3) is 0.100. The number of benzene rings is 3. The van der Waals surface area contributed by atoms with Crippen molar-refractivity contribution in [2.24, 2.45) is 7.05 Å². The van der Waals surface area contributed by atoms with Crippen molar-refractivity contribution in [3.05, 3.63) is 77.9 Å². The molecule has 0 bridgehead atoms. The molecule has 4 nitrogen and oxygen atoms in total. The molecule has 4 rings (SSSR count). The zero-order valence-corrected chi connectivity index (χ0v) is 13.4. The lowest BCUT2D eigenvalue weighted by Crippen LogP contribution is -2.26. The van der Waals surface area contributed by atoms with Gasteiger partial charge in [-0.05, 0) is 22.9 Å². The summed E-state index contributed by atoms with van der Waals surface area (Å²) in [7, 11) is 1.85. The Balaban J connectivity index is 1.83. The van der Waals surface area contributed by atoms with Crippen LogP contribution < -0.4 is 5.62 Å². The molecule has 0 aliphatic heterocycles. The number of rotatable bonds is 3. The van der Waals surface area contributed by atoms with Gasteiger partial charge in [-0.25, -0.2) is 0 Å². The third-order valence-corrected chi connectivity index (χ3v) is 4.50. The molecule has 3 aromatic carbocycles. The van der Waals surface area contributed by atoms with Crippen LogP contribution in [0.15, 0.2) is 66.7 Å². The molecule has 0 saturated heterocycles. The summed E-state index contributed by atoms with van der Waals surface area (Å²) in [5.41, 5.74) is 2.88. The van der Waals surface area contributed by atoms with E-state index in [0.717, 1.165) is 21.8 Å². The lowest BCUT2D eigenvalue weighted by Gasteiger charge is -2.07. The van der Waals surface area contributed by atoms with Gasteiger partial charge >= 0.3 is 0 Å². The summed E-state index contributed by atoms with van der Waals surface area (Å²) in [4.78, 5) is 12.9. The highest BCUT2D eigenvalue weighted by molar-refractivity contribution is 6.08. The minimum atomic E-state index is 0.0154. The van der Waals surface area contributed by atoms with Gasteiger partial charge < -0.3 is 9.13 Å². The molecule has 0 saturated carbocycles. The summed E-state index contributed by atoms with van der Waals surface area (Å²) in [6.07, 6.45) is 0. The largest absolute Gasteiger partial charge is 0.313 e. The van der Waals surface area contributed by atoms with E-state index in [2.05, 4.69) is 0 Å². The number of hydrogen-bond donors (Lipinski definition) is 1. The third kappa shape index (κ3) is 2.15. The number of ketones is 1. The van der Waals surface area contributed by atoms with Crippen molar-refractivity contribution in [3.63, 3.8) is 0 Å². The molecule has 0 amide bonds. The summed E-state index contributed by atoms with van der Waals surface area (Å²) in [6, 6.07) is 21.5. The minimum Gasteiger partial charge on any atom is -0.313 e. The fourth-order valence-electron chi connectivity index (χ4n) is 3.24. The van der Waals surface area contributed by atoms with E-state index < -0.39 is 0 Å². The highest BCUT2D eigenvalue weighted by atomic mass is 16.1. The molecule has 1 N–H and O–H groups in total. The Morgan fingerprint density at radius 1 is 0.917 bits per heavy atom. The van der Waals surface area contributed by atoms with E-state index in [1.165, 1.54) is 0 Å². The first-order chi connectivity index (χ1) is 11.7. The van der Waals surface area contributed by atoms with E-state index in [4.69, 9.17) is 5.41 Å². The van der Waals surface area contributed by atoms with Crippen LogP contribution in [0, 0.1) is 5.41 Å². The molecule has 0 aliphatic carbocycles. The van der Waals surface area contributed by atoms with Crippen LogP contribution >= 0.6 is 0 Å². The zero-order valence-electron chi connectivity index (χ0n) is 13.4. The summed E-state index contributed by atoms with van der Waals surface area (Å²) >= 11 is 0. The van der Waals surface area contributed by atoms with Gasteiger partial charge in [0.15, 0.2) is 5.78 Å². The molecule has 0 atom stereocenters. The van der Waals surface area contributed by atoms with Crippen molar-refractivity contribution in [3.8, 4) is 0 Å². The van der Waals surface area contributed by atoms with Crippen LogP contribution in [0.25, 0.3) is 21.8 Å². The predicted molar refractivity (Wildman–Crippen MR) is 95.0 cm³/mol. The van der Waals surface area contributed by atoms with Gasteiger partial charge in [0.25, 0.3) is 0 Å². The quantitative estimate of drug-likeness (QED) is 0.578. The first kappa shape index (κ1) is 14.5. The van der Waals surface area contributed by atoms with Crippen molar-refractivity contribution in [2.45, 2.75) is 6.54 Å². The number of hydrogen-bond acceptors (Lipinski definition) is 2. The number of nitrogens with zero attached hydrogens (tertiary/aromatic N) is 2. The van der Waals surface area contributed by atoms with Crippen LogP contribution in [0.4, 0.5) is 0 Å². The Kier molecular flexibility index (Phi) is 3.31. The number of fused-ring (bicyclic) bond motifs is 2. The maximum atomic E-state index is 12.9. The third-order valence-electron chi connectivity index (χ3n) is 4.50. The van der Waals surface area contributed by atoms with Gasteiger partial charge in [0.2, 0.25) is 5.62 Å². The van der Waals surface area contributed by atoms with Gasteiger partial charge in [0, 0.05) is 12.6 Å². The van der Waals surface area contributed by atoms with E-state index in [1.807, 2.05) is 73.8 Å². The molecular weight excluding hydrogens is 298 g/mol. The highest BCUT2D eigenvalue weighted by Crippen LogP contribution is 2.20. The van der Waals surface area contributed by atoms with Crippen molar-refractivity contribution in [1.82, 2.24) is 9.13 Å². The fourth-order valence-corrected chi connectivity index (χ4v) is 3.24. The molecule has 0 fully saturated rings. The second-order valence-electron chi connectivity index (χ2n) is 5.91. The number of aryl methyl sites for hydroxylation is 1. The van der Waals surface area contributed by atoms with Crippen molar-refractivity contribution in [1.29, 1.82) is 5.41 Å². The van der Waals surface area contributed by atoms with Crippen LogP contribution in [-0.4, -0.2) is 14.9 Å². The normalized spacial score (nSPS) is 11.2. The monoisotopic (exact) mass is 315 g/mol. The van der Waals surface area contributed by atoms with E-state index in [-0.39, 0.29) is 12.3 Å². The molecule has 0 unspecified atom stereocenters. The topological polar surface area (TPSA) is 50.8 Å². The van der Waals surface area contributed by atoms with Crippen molar-refractivity contribution >= 4 is 27.6 Å². The summed E-state index contributed by atoms with van der Waals surface area (Å²) in [6.45, 7) is 0.161. The highest BCUT2D eigenvalue weighted by Gasteiger charge is 2.14. The maximum absolute atomic E-state index is 12.9. The Morgan fingerprint density at radius 2 is 1.58 bits per heavy atom. The number of nitrogens with one attached hydrogen (secondary N) is 1. The Bertz CT molecular complexity index is 1130. The lowest BCUT2D eigenvalue weighted by molar-refractivity contribution is 0.0973. The second-order valence-corrected chi connectivity index (χ2v) is 5.91. The number of Topliss-reactive ketones (excluding diaryl/α,β-unsaturated/α-hetero) is 1. The van der Waals surface area contributed by atoms with Gasteiger partial charge in [-0.1, -0.05) is 54.6 Å². The summed E-state index contributed by atoms with van der Waals surface area (Å²) in [5, 5.41) is 10.3. The molecule has 0 aliphatic rings. The first-order valence-electron chi connectivity index (χ1n) is 7.86. The first-order valence-corrected chi connectivity index (χ1v) is 7.86. The molecule has 0 radical (unpaired) electrons. The minimum absolute atomic E-state index is 0.0154. The summed E-state index contributed by atoms with van der Waals surface area (Å²) < 4.78 is 3.56. The average Bonchev–Trinajstić information content (AvgIpc) is 2.86. The van der Waals surface area contributed by atoms with E-state index in [1.54, 1.807) is 9.13 Å². The Morgan fingerprint density at radius 3 is 2.42 bits per heavy atom. The van der Waals surface area contributed by atoms with E-state index in [9.17, 15) is 4.79 Å². The number of carbonyl (C=O) groups excluding carboxylic acids is 1. The van der Waals surface area contributed by atoms with Gasteiger partial charge in [-0.3, -0.25) is 10.2 Å². The average molecular weight is 315 g/mol. The summed E-state index contributed by atoms with van der Waals surface area (Å²) in [5.74, 6) is 0.0154. The standard InChI is InChI=1S/C20H17N3O/c1-22-17-11-4-5-12-18(17)23(20(22)21)13-19(24)16-10-6-8-14-7-2-3-9-15(14)16/h2-12,21H,13H2,1H3. The molecule has 4 aromatic rings. The molecular formula is C20H17N3O. The van der Waals surface area contributed by atoms with Crippen molar-refractivity contribution in [2.75, 3.05) is 0 Å². The van der Waals surface area contributed by atoms with Crippen molar-refractivity contribution < 1.29 is 4.79 Å². The molecule has 4 heteroatoms. The Labute approximate surface area is 139 Å². The second kappa shape index (κ2) is 5.49. The van der Waals surface area contributed by atoms with Gasteiger partial charge in [-0.2, -0.15) is 0 Å². The van der Waals surface area contributed by atoms with Gasteiger partial charge in [0.1, 0.15) is 0 Å². The van der Waals surface area contributed by atoms with Crippen LogP contribution in [-0.2, 0) is 13.6 Å². The number of imidazole rings is 1. The number of carbonyl (C=O) groups is 1.